The van der Waals surface area contributed by atoms with Crippen LogP contribution in [0.5, 0.6) is 0 Å². The molecule has 1 rings (SSSR count). The van der Waals surface area contributed by atoms with Gasteiger partial charge in [0.1, 0.15) is 4.90 Å². The molecule has 0 radical (unpaired) electrons. The van der Waals surface area contributed by atoms with Crippen molar-refractivity contribution >= 4 is 15.9 Å². The van der Waals surface area contributed by atoms with E-state index in [2.05, 4.69) is 15.5 Å². The quantitative estimate of drug-likeness (QED) is 0.572. The molecular formula is C11H20N4O4S. The molecule has 8 nitrogen and oxygen atoms in total. The zero-order chi connectivity index (χ0) is 15.2. The lowest BCUT2D eigenvalue weighted by atomic mass is 10.2. The van der Waals surface area contributed by atoms with Crippen LogP contribution in [0.4, 0.5) is 0 Å². The molecule has 0 fully saturated rings. The Kier molecular flexibility index (Phi) is 6.11. The molecule has 114 valence electrons. The fraction of sp³-hybridized carbons (Fsp3) is 0.636. The minimum atomic E-state index is -4.01. The fourth-order valence-corrected chi connectivity index (χ4v) is 2.61. The van der Waals surface area contributed by atoms with E-state index < -0.39 is 15.9 Å². The van der Waals surface area contributed by atoms with E-state index in [0.717, 1.165) is 0 Å². The number of nitrogens with zero attached hydrogens (tertiary/aromatic N) is 1. The van der Waals surface area contributed by atoms with E-state index in [1.807, 2.05) is 13.8 Å². The Balaban J connectivity index is 2.92. The molecule has 1 aromatic heterocycles. The summed E-state index contributed by atoms with van der Waals surface area (Å²) in [6.45, 7) is 4.88. The molecule has 1 heterocycles. The van der Waals surface area contributed by atoms with Gasteiger partial charge in [0, 0.05) is 13.2 Å². The van der Waals surface area contributed by atoms with Crippen molar-refractivity contribution in [1.29, 1.82) is 0 Å². The molecule has 1 aromatic rings. The van der Waals surface area contributed by atoms with Gasteiger partial charge in [0.25, 0.3) is 5.91 Å². The Morgan fingerprint density at radius 2 is 2.15 bits per heavy atom. The van der Waals surface area contributed by atoms with Crippen LogP contribution in [0.15, 0.2) is 4.90 Å². The average molecular weight is 304 g/mol. The smallest absolute Gasteiger partial charge is 0.273 e. The molecule has 9 heteroatoms. The van der Waals surface area contributed by atoms with Crippen LogP contribution >= 0.6 is 0 Å². The van der Waals surface area contributed by atoms with Crippen molar-refractivity contribution in [3.63, 3.8) is 0 Å². The summed E-state index contributed by atoms with van der Waals surface area (Å²) in [5.41, 5.74) is 0.150. The number of rotatable bonds is 8. The molecule has 0 aliphatic rings. The topological polar surface area (TPSA) is 127 Å². The molecule has 0 aromatic carbocycles. The van der Waals surface area contributed by atoms with E-state index in [-0.39, 0.29) is 17.1 Å². The van der Waals surface area contributed by atoms with Crippen molar-refractivity contribution in [3.05, 3.63) is 11.4 Å². The summed E-state index contributed by atoms with van der Waals surface area (Å²) in [4.78, 5) is 11.7. The highest BCUT2D eigenvalue weighted by molar-refractivity contribution is 7.89. The third-order valence-corrected chi connectivity index (χ3v) is 3.54. The van der Waals surface area contributed by atoms with Crippen molar-refractivity contribution in [2.75, 3.05) is 19.8 Å². The SMILES string of the molecule is CCCc1[nH]nc(C(=O)NCCOCC)c1S(N)(=O)=O. The molecule has 0 saturated heterocycles. The van der Waals surface area contributed by atoms with Crippen LogP contribution in [0.2, 0.25) is 0 Å². The summed E-state index contributed by atoms with van der Waals surface area (Å²) >= 11 is 0. The Labute approximate surface area is 118 Å². The van der Waals surface area contributed by atoms with Crippen molar-refractivity contribution < 1.29 is 17.9 Å². The summed E-state index contributed by atoms with van der Waals surface area (Å²) in [6, 6.07) is 0. The van der Waals surface area contributed by atoms with Gasteiger partial charge < -0.3 is 10.1 Å². The molecule has 0 saturated carbocycles. The van der Waals surface area contributed by atoms with Gasteiger partial charge in [0.05, 0.1) is 12.3 Å². The maximum Gasteiger partial charge on any atom is 0.273 e. The molecular weight excluding hydrogens is 284 g/mol. The first-order valence-electron chi connectivity index (χ1n) is 6.37. The average Bonchev–Trinajstić information content (AvgIpc) is 2.78. The fourth-order valence-electron chi connectivity index (χ4n) is 1.71. The van der Waals surface area contributed by atoms with Gasteiger partial charge in [-0.05, 0) is 13.3 Å². The Hall–Kier alpha value is -1.45. The number of sulfonamides is 1. The van der Waals surface area contributed by atoms with Gasteiger partial charge in [-0.3, -0.25) is 9.89 Å². The van der Waals surface area contributed by atoms with Crippen LogP contribution in [-0.2, 0) is 21.2 Å². The summed E-state index contributed by atoms with van der Waals surface area (Å²) in [7, 11) is -4.01. The number of primary sulfonamides is 1. The van der Waals surface area contributed by atoms with E-state index in [1.165, 1.54) is 0 Å². The van der Waals surface area contributed by atoms with E-state index in [4.69, 9.17) is 9.88 Å². The molecule has 1 amide bonds. The lowest BCUT2D eigenvalue weighted by Crippen LogP contribution is -2.29. The van der Waals surface area contributed by atoms with Crippen LogP contribution in [0.25, 0.3) is 0 Å². The highest BCUT2D eigenvalue weighted by Gasteiger charge is 2.26. The first-order chi connectivity index (χ1) is 9.41. The molecule has 0 aliphatic heterocycles. The van der Waals surface area contributed by atoms with Crippen molar-refractivity contribution in [3.8, 4) is 0 Å². The number of carbonyl (C=O) groups is 1. The highest BCUT2D eigenvalue weighted by atomic mass is 32.2. The lowest BCUT2D eigenvalue weighted by molar-refractivity contribution is 0.0914. The Morgan fingerprint density at radius 3 is 2.70 bits per heavy atom. The lowest BCUT2D eigenvalue weighted by Gasteiger charge is -2.05. The number of aromatic amines is 1. The van der Waals surface area contributed by atoms with Crippen LogP contribution in [0.1, 0.15) is 36.5 Å². The number of nitrogens with one attached hydrogen (secondary N) is 2. The van der Waals surface area contributed by atoms with E-state index in [1.54, 1.807) is 0 Å². The standard InChI is InChI=1S/C11H20N4O4S/c1-3-5-8-10(20(12,17)18)9(15-14-8)11(16)13-6-7-19-4-2/h3-7H2,1-2H3,(H,13,16)(H,14,15)(H2,12,17,18). The number of carbonyl (C=O) groups excluding carboxylic acids is 1. The zero-order valence-corrected chi connectivity index (χ0v) is 12.4. The third-order valence-electron chi connectivity index (χ3n) is 2.53. The molecule has 20 heavy (non-hydrogen) atoms. The first kappa shape index (κ1) is 16.6. The summed E-state index contributed by atoms with van der Waals surface area (Å²) < 4.78 is 28.3. The van der Waals surface area contributed by atoms with Gasteiger partial charge in [-0.15, -0.1) is 0 Å². The predicted octanol–water partition coefficient (Wildman–Crippen LogP) is -0.224. The molecule has 4 N–H and O–H groups in total. The van der Waals surface area contributed by atoms with Crippen molar-refractivity contribution in [2.45, 2.75) is 31.6 Å². The number of nitrogens with two attached hydrogens (primary N) is 1. The van der Waals surface area contributed by atoms with E-state index in [9.17, 15) is 13.2 Å². The number of hydrogen-bond donors (Lipinski definition) is 3. The van der Waals surface area contributed by atoms with Crippen LogP contribution in [-0.4, -0.2) is 44.3 Å². The second-order valence-electron chi connectivity index (χ2n) is 4.13. The monoisotopic (exact) mass is 304 g/mol. The van der Waals surface area contributed by atoms with Gasteiger partial charge in [0.2, 0.25) is 10.0 Å². The second kappa shape index (κ2) is 7.36. The number of aryl methyl sites for hydroxylation is 1. The third kappa shape index (κ3) is 4.29. The van der Waals surface area contributed by atoms with Gasteiger partial charge in [-0.2, -0.15) is 5.10 Å². The zero-order valence-electron chi connectivity index (χ0n) is 11.6. The van der Waals surface area contributed by atoms with E-state index in [0.29, 0.717) is 31.7 Å². The van der Waals surface area contributed by atoms with Gasteiger partial charge in [-0.1, -0.05) is 13.3 Å². The molecule has 0 spiro atoms. The number of amides is 1. The molecule has 0 atom stereocenters. The van der Waals surface area contributed by atoms with Gasteiger partial charge in [-0.25, -0.2) is 13.6 Å². The minimum Gasteiger partial charge on any atom is -0.380 e. The van der Waals surface area contributed by atoms with Gasteiger partial charge >= 0.3 is 0 Å². The van der Waals surface area contributed by atoms with Crippen molar-refractivity contribution in [1.82, 2.24) is 15.5 Å². The summed E-state index contributed by atoms with van der Waals surface area (Å²) in [5.74, 6) is -0.590. The van der Waals surface area contributed by atoms with Gasteiger partial charge in [0.15, 0.2) is 5.69 Å². The summed E-state index contributed by atoms with van der Waals surface area (Å²) in [6.07, 6.45) is 1.15. The molecule has 0 aliphatic carbocycles. The first-order valence-corrected chi connectivity index (χ1v) is 7.92. The predicted molar refractivity (Wildman–Crippen MR) is 72.8 cm³/mol. The Morgan fingerprint density at radius 1 is 1.45 bits per heavy atom. The number of aromatic nitrogens is 2. The highest BCUT2D eigenvalue weighted by Crippen LogP contribution is 2.18. The minimum absolute atomic E-state index is 0.201. The number of hydrogen-bond acceptors (Lipinski definition) is 5. The number of ether oxygens (including phenoxy) is 1. The Bertz CT molecular complexity index is 553. The normalized spacial score (nSPS) is 11.6. The van der Waals surface area contributed by atoms with Crippen molar-refractivity contribution in [2.24, 2.45) is 5.14 Å². The molecule has 0 bridgehead atoms. The van der Waals surface area contributed by atoms with E-state index >= 15 is 0 Å². The maximum atomic E-state index is 11.9. The van der Waals surface area contributed by atoms with Crippen LogP contribution < -0.4 is 10.5 Å². The largest absolute Gasteiger partial charge is 0.380 e. The summed E-state index contributed by atoms with van der Waals surface area (Å²) in [5, 5.41) is 14.0. The maximum absolute atomic E-state index is 11.9. The number of H-pyrrole nitrogens is 1. The van der Waals surface area contributed by atoms with Crippen LogP contribution in [0.3, 0.4) is 0 Å². The van der Waals surface area contributed by atoms with Crippen LogP contribution in [0, 0.1) is 0 Å². The second-order valence-corrected chi connectivity index (χ2v) is 5.63. The molecule has 0 unspecified atom stereocenters.